The lowest BCUT2D eigenvalue weighted by Gasteiger charge is -2.33. The summed E-state index contributed by atoms with van der Waals surface area (Å²) in [5.41, 5.74) is 4.57. The van der Waals surface area contributed by atoms with Crippen molar-refractivity contribution < 1.29 is 14.0 Å². The van der Waals surface area contributed by atoms with Gasteiger partial charge in [0.2, 0.25) is 0 Å². The molecular formula is C31H36FN3O2. The lowest BCUT2D eigenvalue weighted by molar-refractivity contribution is 0.0950. The van der Waals surface area contributed by atoms with E-state index in [4.69, 9.17) is 0 Å². The summed E-state index contributed by atoms with van der Waals surface area (Å²) in [7, 11) is 0. The number of piperidine rings is 1. The summed E-state index contributed by atoms with van der Waals surface area (Å²) in [4.78, 5) is 28.5. The van der Waals surface area contributed by atoms with Gasteiger partial charge < -0.3 is 15.5 Å². The second-order valence-electron chi connectivity index (χ2n) is 9.97. The number of benzene rings is 3. The molecule has 1 heterocycles. The molecule has 1 saturated heterocycles. The zero-order valence-electron chi connectivity index (χ0n) is 21.7. The van der Waals surface area contributed by atoms with Gasteiger partial charge in [-0.15, -0.1) is 0 Å². The highest BCUT2D eigenvalue weighted by molar-refractivity contribution is 6.06. The van der Waals surface area contributed by atoms with Crippen LogP contribution in [-0.2, 0) is 13.0 Å². The van der Waals surface area contributed by atoms with Gasteiger partial charge in [0.05, 0.1) is 5.56 Å². The molecule has 1 aliphatic heterocycles. The van der Waals surface area contributed by atoms with Crippen molar-refractivity contribution in [1.29, 1.82) is 0 Å². The molecule has 37 heavy (non-hydrogen) atoms. The Labute approximate surface area is 219 Å². The zero-order valence-corrected chi connectivity index (χ0v) is 21.7. The molecule has 0 atom stereocenters. The summed E-state index contributed by atoms with van der Waals surface area (Å²) in [5.74, 6) is -0.0803. The lowest BCUT2D eigenvalue weighted by Crippen LogP contribution is -2.35. The molecule has 0 unspecified atom stereocenters. The summed E-state index contributed by atoms with van der Waals surface area (Å²) in [6, 6.07) is 19.3. The van der Waals surface area contributed by atoms with E-state index in [0.29, 0.717) is 22.7 Å². The number of hydrogen-bond acceptors (Lipinski definition) is 3. The molecule has 3 aromatic carbocycles. The van der Waals surface area contributed by atoms with Crippen LogP contribution in [0.1, 0.15) is 71.4 Å². The number of anilines is 2. The first-order valence-corrected chi connectivity index (χ1v) is 13.2. The second-order valence-corrected chi connectivity index (χ2v) is 9.97. The van der Waals surface area contributed by atoms with E-state index in [2.05, 4.69) is 29.4 Å². The normalized spacial score (nSPS) is 13.9. The van der Waals surface area contributed by atoms with E-state index in [1.165, 1.54) is 17.7 Å². The monoisotopic (exact) mass is 501 g/mol. The number of halogens is 1. The Balaban J connectivity index is 1.51. The molecule has 0 spiro atoms. The van der Waals surface area contributed by atoms with E-state index in [9.17, 15) is 14.0 Å². The number of aryl methyl sites for hydroxylation is 1. The van der Waals surface area contributed by atoms with Crippen molar-refractivity contribution in [2.24, 2.45) is 5.92 Å². The number of amides is 2. The van der Waals surface area contributed by atoms with Crippen LogP contribution < -0.4 is 15.5 Å². The molecular weight excluding hydrogens is 465 g/mol. The molecule has 4 rings (SSSR count). The molecule has 0 bridgehead atoms. The van der Waals surface area contributed by atoms with E-state index in [0.717, 1.165) is 56.4 Å². The summed E-state index contributed by atoms with van der Waals surface area (Å²) in [5, 5.41) is 5.91. The first-order chi connectivity index (χ1) is 17.9. The van der Waals surface area contributed by atoms with Crippen LogP contribution in [0.2, 0.25) is 0 Å². The summed E-state index contributed by atoms with van der Waals surface area (Å²) in [6.07, 6.45) is 5.41. The molecule has 1 fully saturated rings. The van der Waals surface area contributed by atoms with Gasteiger partial charge in [-0.1, -0.05) is 44.5 Å². The molecule has 0 saturated carbocycles. The minimum absolute atomic E-state index is 0.209. The van der Waals surface area contributed by atoms with Gasteiger partial charge in [0.25, 0.3) is 11.8 Å². The van der Waals surface area contributed by atoms with Crippen LogP contribution in [-0.4, -0.2) is 24.9 Å². The fourth-order valence-electron chi connectivity index (χ4n) is 4.61. The Kier molecular flexibility index (Phi) is 8.94. The topological polar surface area (TPSA) is 61.4 Å². The maximum atomic E-state index is 13.3. The Morgan fingerprint density at radius 2 is 1.59 bits per heavy atom. The van der Waals surface area contributed by atoms with Gasteiger partial charge in [0, 0.05) is 36.6 Å². The maximum Gasteiger partial charge on any atom is 0.255 e. The number of rotatable bonds is 9. The van der Waals surface area contributed by atoms with Crippen molar-refractivity contribution in [3.8, 4) is 0 Å². The number of carbonyl (C=O) groups excluding carboxylic acids is 2. The van der Waals surface area contributed by atoms with E-state index in [1.807, 2.05) is 36.4 Å². The van der Waals surface area contributed by atoms with Gasteiger partial charge in [0.15, 0.2) is 0 Å². The Morgan fingerprint density at radius 1 is 0.919 bits per heavy atom. The fourth-order valence-corrected chi connectivity index (χ4v) is 4.61. The zero-order chi connectivity index (χ0) is 26.2. The highest BCUT2D eigenvalue weighted by Crippen LogP contribution is 2.29. The number of nitrogens with one attached hydrogen (secondary N) is 2. The molecule has 194 valence electrons. The van der Waals surface area contributed by atoms with Crippen molar-refractivity contribution in [1.82, 2.24) is 5.32 Å². The summed E-state index contributed by atoms with van der Waals surface area (Å²) in [6.45, 7) is 6.47. The largest absolute Gasteiger partial charge is 0.371 e. The highest BCUT2D eigenvalue weighted by Gasteiger charge is 2.22. The van der Waals surface area contributed by atoms with E-state index in [-0.39, 0.29) is 24.2 Å². The number of unbranched alkanes of at least 4 members (excludes halogenated alkanes) is 1. The predicted octanol–water partition coefficient (Wildman–Crippen LogP) is 6.59. The van der Waals surface area contributed by atoms with E-state index in [1.54, 1.807) is 18.2 Å². The molecule has 2 amide bonds. The molecule has 0 aliphatic carbocycles. The van der Waals surface area contributed by atoms with Crippen LogP contribution in [0.3, 0.4) is 0 Å². The summed E-state index contributed by atoms with van der Waals surface area (Å²) < 4.78 is 13.2. The Morgan fingerprint density at radius 3 is 2.27 bits per heavy atom. The van der Waals surface area contributed by atoms with Crippen molar-refractivity contribution >= 4 is 23.2 Å². The smallest absolute Gasteiger partial charge is 0.255 e. The van der Waals surface area contributed by atoms with Crippen molar-refractivity contribution in [3.63, 3.8) is 0 Å². The first-order valence-electron chi connectivity index (χ1n) is 13.2. The Bertz CT molecular complexity index is 1200. The van der Waals surface area contributed by atoms with Crippen LogP contribution in [0.25, 0.3) is 0 Å². The van der Waals surface area contributed by atoms with Gasteiger partial charge in [-0.2, -0.15) is 0 Å². The maximum absolute atomic E-state index is 13.3. The van der Waals surface area contributed by atoms with Crippen LogP contribution >= 0.6 is 0 Å². The van der Waals surface area contributed by atoms with Gasteiger partial charge in [0.1, 0.15) is 5.82 Å². The van der Waals surface area contributed by atoms with E-state index >= 15 is 0 Å². The molecule has 6 heteroatoms. The average Bonchev–Trinajstić information content (AvgIpc) is 2.92. The minimum Gasteiger partial charge on any atom is -0.371 e. The minimum atomic E-state index is -0.310. The average molecular weight is 502 g/mol. The summed E-state index contributed by atoms with van der Waals surface area (Å²) >= 11 is 0. The molecule has 3 aromatic rings. The molecule has 0 aromatic heterocycles. The van der Waals surface area contributed by atoms with Crippen molar-refractivity contribution in [2.45, 2.75) is 52.5 Å². The lowest BCUT2D eigenvalue weighted by atomic mass is 9.97. The fraction of sp³-hybridized carbons (Fsp3) is 0.355. The van der Waals surface area contributed by atoms with Gasteiger partial charge >= 0.3 is 0 Å². The van der Waals surface area contributed by atoms with E-state index < -0.39 is 0 Å². The number of nitrogens with zero attached hydrogens (tertiary/aromatic N) is 1. The second kappa shape index (κ2) is 12.5. The van der Waals surface area contributed by atoms with Crippen molar-refractivity contribution in [2.75, 3.05) is 23.3 Å². The third kappa shape index (κ3) is 7.19. The molecule has 0 radical (unpaired) electrons. The standard InChI is InChI=1S/C31H36FN3O2/c1-3-4-5-23-6-10-25(11-7-23)30(36)34-27-14-15-29(35-18-16-22(2)17-19-35)28(20-27)31(37)33-21-24-8-12-26(32)13-9-24/h6-15,20,22H,3-5,16-19,21H2,1-2H3,(H,33,37)(H,34,36). The van der Waals surface area contributed by atoms with Crippen LogP contribution in [0, 0.1) is 11.7 Å². The number of hydrogen-bond donors (Lipinski definition) is 2. The van der Waals surface area contributed by atoms with Crippen LogP contribution in [0.15, 0.2) is 66.7 Å². The molecule has 2 N–H and O–H groups in total. The SMILES string of the molecule is CCCCc1ccc(C(=O)Nc2ccc(N3CCC(C)CC3)c(C(=O)NCc3ccc(F)cc3)c2)cc1. The van der Waals surface area contributed by atoms with Gasteiger partial charge in [-0.05, 0) is 85.2 Å². The highest BCUT2D eigenvalue weighted by atomic mass is 19.1. The molecule has 5 nitrogen and oxygen atoms in total. The predicted molar refractivity (Wildman–Crippen MR) is 148 cm³/mol. The van der Waals surface area contributed by atoms with Crippen LogP contribution in [0.5, 0.6) is 0 Å². The van der Waals surface area contributed by atoms with Gasteiger partial charge in [-0.3, -0.25) is 9.59 Å². The van der Waals surface area contributed by atoms with Gasteiger partial charge in [-0.25, -0.2) is 4.39 Å². The Hall–Kier alpha value is -3.67. The third-order valence-corrected chi connectivity index (χ3v) is 7.02. The quantitative estimate of drug-likeness (QED) is 0.348. The van der Waals surface area contributed by atoms with Crippen molar-refractivity contribution in [3.05, 3.63) is 94.8 Å². The molecule has 1 aliphatic rings. The number of carbonyl (C=O) groups is 2. The van der Waals surface area contributed by atoms with Crippen LogP contribution in [0.4, 0.5) is 15.8 Å². The third-order valence-electron chi connectivity index (χ3n) is 7.02. The first kappa shape index (κ1) is 26.4.